The molecule has 0 saturated heterocycles. The van der Waals surface area contributed by atoms with Gasteiger partial charge in [-0.3, -0.25) is 0 Å². The minimum Gasteiger partial charge on any atom is -0.208 e. The summed E-state index contributed by atoms with van der Waals surface area (Å²) in [7, 11) is 0. The number of nitrogens with zero attached hydrogens (tertiary/aromatic N) is 3. The van der Waals surface area contributed by atoms with Gasteiger partial charge in [-0.2, -0.15) is 0 Å². The fourth-order valence-corrected chi connectivity index (χ4v) is 8.58. The molecule has 3 nitrogen and oxygen atoms in total. The van der Waals surface area contributed by atoms with E-state index in [9.17, 15) is 0 Å². The molecule has 0 fully saturated rings. The summed E-state index contributed by atoms with van der Waals surface area (Å²) in [4.78, 5) is 15.2. The topological polar surface area (TPSA) is 38.7 Å². The number of aromatic nitrogens is 3. The highest BCUT2D eigenvalue weighted by molar-refractivity contribution is 7.26. The van der Waals surface area contributed by atoms with Crippen LogP contribution in [0.2, 0.25) is 0 Å². The van der Waals surface area contributed by atoms with Crippen LogP contribution in [0.25, 0.3) is 98.5 Å². The second kappa shape index (κ2) is 13.1. The Morgan fingerprint density at radius 2 is 0.774 bits per heavy atom. The molecule has 0 unspecified atom stereocenters. The summed E-state index contributed by atoms with van der Waals surface area (Å²) in [5.74, 6) is 1.98. The Kier molecular flexibility index (Phi) is 7.67. The van der Waals surface area contributed by atoms with Crippen LogP contribution >= 0.6 is 11.3 Å². The summed E-state index contributed by atoms with van der Waals surface area (Å²) in [5.41, 5.74) is 10.1. The zero-order chi connectivity index (χ0) is 35.1. The van der Waals surface area contributed by atoms with Crippen molar-refractivity contribution in [2.45, 2.75) is 0 Å². The lowest BCUT2D eigenvalue weighted by atomic mass is 9.91. The summed E-state index contributed by atoms with van der Waals surface area (Å²) in [6.07, 6.45) is 0. The average Bonchev–Trinajstić information content (AvgIpc) is 3.63. The van der Waals surface area contributed by atoms with Gasteiger partial charge < -0.3 is 0 Å². The number of thiophene rings is 1. The molecule has 8 aromatic carbocycles. The Balaban J connectivity index is 1.04. The van der Waals surface area contributed by atoms with E-state index in [0.29, 0.717) is 17.5 Å². The highest BCUT2D eigenvalue weighted by Gasteiger charge is 2.17. The molecule has 0 aliphatic rings. The van der Waals surface area contributed by atoms with Crippen molar-refractivity contribution >= 4 is 42.3 Å². The van der Waals surface area contributed by atoms with E-state index in [0.717, 1.165) is 27.8 Å². The fraction of sp³-hybridized carbons (Fsp3) is 0. The van der Waals surface area contributed by atoms with Gasteiger partial charge in [0.25, 0.3) is 0 Å². The molecular formula is C49H31N3S. The van der Waals surface area contributed by atoms with Crippen molar-refractivity contribution < 1.29 is 0 Å². The molecule has 248 valence electrons. The van der Waals surface area contributed by atoms with Gasteiger partial charge in [0.05, 0.1) is 0 Å². The van der Waals surface area contributed by atoms with Crippen LogP contribution in [0.5, 0.6) is 0 Å². The predicted octanol–water partition coefficient (Wildman–Crippen LogP) is 13.4. The summed E-state index contributed by atoms with van der Waals surface area (Å²) in [6, 6.07) is 66.4. The maximum absolute atomic E-state index is 5.12. The molecule has 4 heteroatoms. The molecule has 0 aliphatic carbocycles. The predicted molar refractivity (Wildman–Crippen MR) is 223 cm³/mol. The average molecular weight is 694 g/mol. The molecule has 0 radical (unpaired) electrons. The first-order valence-corrected chi connectivity index (χ1v) is 18.6. The smallest absolute Gasteiger partial charge is 0.165 e. The normalized spacial score (nSPS) is 11.4. The maximum atomic E-state index is 5.12. The monoisotopic (exact) mass is 693 g/mol. The van der Waals surface area contributed by atoms with E-state index in [2.05, 4.69) is 170 Å². The van der Waals surface area contributed by atoms with Gasteiger partial charge in [-0.05, 0) is 62.4 Å². The van der Waals surface area contributed by atoms with Crippen molar-refractivity contribution in [3.63, 3.8) is 0 Å². The molecule has 0 amide bonds. The van der Waals surface area contributed by atoms with E-state index >= 15 is 0 Å². The summed E-state index contributed by atoms with van der Waals surface area (Å²) >= 11 is 1.79. The molecule has 0 atom stereocenters. The van der Waals surface area contributed by atoms with E-state index in [1.54, 1.807) is 11.3 Å². The van der Waals surface area contributed by atoms with Crippen LogP contribution in [0.15, 0.2) is 188 Å². The lowest BCUT2D eigenvalue weighted by Gasteiger charge is -2.13. The SMILES string of the molecule is c1ccc(-c2nc(-c3ccc(-c4cccc(-c5ccc(-c6ccccc6)c6ccccc56)c4)cc3)nc(-c3cccc4c3sc3ccccc34)n2)cc1. The molecule has 2 heterocycles. The van der Waals surface area contributed by atoms with Gasteiger partial charge in [0.15, 0.2) is 17.5 Å². The van der Waals surface area contributed by atoms with Crippen molar-refractivity contribution in [2.75, 3.05) is 0 Å². The largest absolute Gasteiger partial charge is 0.208 e. The third kappa shape index (κ3) is 5.66. The van der Waals surface area contributed by atoms with Crippen LogP contribution in [-0.4, -0.2) is 15.0 Å². The van der Waals surface area contributed by atoms with Crippen molar-refractivity contribution in [3.8, 4) is 67.5 Å². The molecule has 53 heavy (non-hydrogen) atoms. The summed E-state index contributed by atoms with van der Waals surface area (Å²) in [6.45, 7) is 0. The number of fused-ring (bicyclic) bond motifs is 4. The fourth-order valence-electron chi connectivity index (χ4n) is 7.36. The van der Waals surface area contributed by atoms with Gasteiger partial charge in [-0.1, -0.05) is 170 Å². The minimum absolute atomic E-state index is 0.650. The zero-order valence-electron chi connectivity index (χ0n) is 28.6. The number of hydrogen-bond acceptors (Lipinski definition) is 4. The summed E-state index contributed by atoms with van der Waals surface area (Å²) < 4.78 is 2.44. The third-order valence-electron chi connectivity index (χ3n) is 9.97. The van der Waals surface area contributed by atoms with E-state index in [4.69, 9.17) is 15.0 Å². The van der Waals surface area contributed by atoms with Gasteiger partial charge in [-0.25, -0.2) is 15.0 Å². The zero-order valence-corrected chi connectivity index (χ0v) is 29.5. The standard InChI is InChI=1S/C49H31N3S/c1-3-13-33(14-4-1)38-29-30-39(41-20-8-7-19-40(38)41)37-18-11-17-36(31-37)32-25-27-35(28-26-32)48-50-47(34-15-5-2-6-16-34)51-49(52-48)44-23-12-22-43-42-21-9-10-24-45(42)53-46(43)44/h1-31H. The van der Waals surface area contributed by atoms with E-state index < -0.39 is 0 Å². The van der Waals surface area contributed by atoms with Crippen LogP contribution < -0.4 is 0 Å². The van der Waals surface area contributed by atoms with Crippen LogP contribution in [0, 0.1) is 0 Å². The van der Waals surface area contributed by atoms with E-state index in [-0.39, 0.29) is 0 Å². The number of rotatable bonds is 6. The highest BCUT2D eigenvalue weighted by Crippen LogP contribution is 2.40. The first-order chi connectivity index (χ1) is 26.3. The Morgan fingerprint density at radius 3 is 1.49 bits per heavy atom. The van der Waals surface area contributed by atoms with Crippen molar-refractivity contribution in [1.82, 2.24) is 15.0 Å². The quantitative estimate of drug-likeness (QED) is 0.174. The Morgan fingerprint density at radius 1 is 0.283 bits per heavy atom. The molecular weight excluding hydrogens is 663 g/mol. The second-order valence-corrected chi connectivity index (χ2v) is 14.2. The van der Waals surface area contributed by atoms with E-state index in [1.165, 1.54) is 53.2 Å². The molecule has 0 saturated carbocycles. The van der Waals surface area contributed by atoms with Gasteiger partial charge in [-0.15, -0.1) is 11.3 Å². The molecule has 0 spiro atoms. The molecule has 10 aromatic rings. The lowest BCUT2D eigenvalue weighted by Crippen LogP contribution is -2.00. The molecule has 0 bridgehead atoms. The third-order valence-corrected chi connectivity index (χ3v) is 11.2. The minimum atomic E-state index is 0.650. The Labute approximate surface area is 311 Å². The van der Waals surface area contributed by atoms with Gasteiger partial charge in [0.1, 0.15) is 0 Å². The van der Waals surface area contributed by atoms with Crippen molar-refractivity contribution in [2.24, 2.45) is 0 Å². The highest BCUT2D eigenvalue weighted by atomic mass is 32.1. The first kappa shape index (κ1) is 31.0. The number of hydrogen-bond donors (Lipinski definition) is 0. The Hall–Kier alpha value is -6.75. The molecule has 10 rings (SSSR count). The summed E-state index contributed by atoms with van der Waals surface area (Å²) in [5, 5.41) is 4.97. The van der Waals surface area contributed by atoms with Crippen molar-refractivity contribution in [1.29, 1.82) is 0 Å². The Bertz CT molecular complexity index is 2930. The van der Waals surface area contributed by atoms with Crippen LogP contribution in [-0.2, 0) is 0 Å². The van der Waals surface area contributed by atoms with Gasteiger partial charge >= 0.3 is 0 Å². The molecule has 2 aromatic heterocycles. The van der Waals surface area contributed by atoms with Gasteiger partial charge in [0.2, 0.25) is 0 Å². The lowest BCUT2D eigenvalue weighted by molar-refractivity contribution is 1.08. The van der Waals surface area contributed by atoms with E-state index in [1.807, 2.05) is 18.2 Å². The van der Waals surface area contributed by atoms with Gasteiger partial charge in [0, 0.05) is 36.9 Å². The van der Waals surface area contributed by atoms with Crippen LogP contribution in [0.3, 0.4) is 0 Å². The number of benzene rings is 8. The molecule has 0 N–H and O–H groups in total. The van der Waals surface area contributed by atoms with Crippen LogP contribution in [0.1, 0.15) is 0 Å². The van der Waals surface area contributed by atoms with Crippen LogP contribution in [0.4, 0.5) is 0 Å². The second-order valence-electron chi connectivity index (χ2n) is 13.2. The van der Waals surface area contributed by atoms with Crippen molar-refractivity contribution in [3.05, 3.63) is 188 Å². The first-order valence-electron chi connectivity index (χ1n) is 17.8. The maximum Gasteiger partial charge on any atom is 0.165 e. The molecule has 0 aliphatic heterocycles.